The second-order valence-corrected chi connectivity index (χ2v) is 5.39. The first-order valence-corrected chi connectivity index (χ1v) is 6.15. The van der Waals surface area contributed by atoms with E-state index in [1.165, 1.54) is 0 Å². The summed E-state index contributed by atoms with van der Waals surface area (Å²) in [6, 6.07) is 0. The lowest BCUT2D eigenvalue weighted by atomic mass is 10.0. The maximum absolute atomic E-state index is 12.4. The van der Waals surface area contributed by atoms with E-state index < -0.39 is 0 Å². The van der Waals surface area contributed by atoms with Crippen molar-refractivity contribution < 1.29 is 9.53 Å². The van der Waals surface area contributed by atoms with Gasteiger partial charge in [-0.25, -0.2) is 0 Å². The maximum atomic E-state index is 12.4. The van der Waals surface area contributed by atoms with Crippen molar-refractivity contribution in [1.29, 1.82) is 0 Å². The van der Waals surface area contributed by atoms with Gasteiger partial charge in [-0.1, -0.05) is 20.8 Å². The molecule has 0 radical (unpaired) electrons. The number of ketones is 1. The average Bonchev–Trinajstić information content (AvgIpc) is 2.74. The van der Waals surface area contributed by atoms with Gasteiger partial charge in [0.15, 0.2) is 11.5 Å². The predicted octanol–water partition coefficient (Wildman–Crippen LogP) is 2.53. The molecule has 4 nitrogen and oxygen atoms in total. The Balaban J connectivity index is 2.29. The monoisotopic (exact) mass is 236 g/mol. The molecule has 0 amide bonds. The molecule has 1 saturated carbocycles. The van der Waals surface area contributed by atoms with E-state index in [2.05, 4.69) is 25.9 Å². The molecule has 0 spiro atoms. The topological polar surface area (TPSA) is 44.1 Å². The normalized spacial score (nSPS) is 21.3. The molecule has 1 aromatic heterocycles. The molecule has 0 aliphatic heterocycles. The minimum Gasteiger partial charge on any atom is -0.493 e. The third-order valence-corrected chi connectivity index (χ3v) is 3.52. The van der Waals surface area contributed by atoms with Crippen LogP contribution in [0.2, 0.25) is 0 Å². The summed E-state index contributed by atoms with van der Waals surface area (Å²) in [5, 5.41) is 4.23. The van der Waals surface area contributed by atoms with Gasteiger partial charge in [0.2, 0.25) is 0 Å². The highest BCUT2D eigenvalue weighted by atomic mass is 16.5. The van der Waals surface area contributed by atoms with Gasteiger partial charge in [0.1, 0.15) is 5.69 Å². The second-order valence-electron chi connectivity index (χ2n) is 5.39. The van der Waals surface area contributed by atoms with Crippen LogP contribution in [0.4, 0.5) is 0 Å². The van der Waals surface area contributed by atoms with Gasteiger partial charge in [-0.2, -0.15) is 5.10 Å². The molecule has 2 rings (SSSR count). The molecule has 0 saturated heterocycles. The van der Waals surface area contributed by atoms with Crippen molar-refractivity contribution in [3.63, 3.8) is 0 Å². The molecule has 94 valence electrons. The summed E-state index contributed by atoms with van der Waals surface area (Å²) < 4.78 is 7.01. The fourth-order valence-corrected chi connectivity index (χ4v) is 2.23. The molecule has 1 aliphatic carbocycles. The van der Waals surface area contributed by atoms with Gasteiger partial charge in [0.05, 0.1) is 13.3 Å². The van der Waals surface area contributed by atoms with E-state index in [1.54, 1.807) is 18.0 Å². The van der Waals surface area contributed by atoms with Crippen LogP contribution in [0.5, 0.6) is 5.75 Å². The van der Waals surface area contributed by atoms with Crippen molar-refractivity contribution in [2.75, 3.05) is 7.11 Å². The Morgan fingerprint density at radius 3 is 2.76 bits per heavy atom. The fourth-order valence-electron chi connectivity index (χ4n) is 2.23. The van der Waals surface area contributed by atoms with Gasteiger partial charge < -0.3 is 4.74 Å². The van der Waals surface area contributed by atoms with E-state index >= 15 is 0 Å². The summed E-state index contributed by atoms with van der Waals surface area (Å²) in [5.41, 5.74) is 0.786. The lowest BCUT2D eigenvalue weighted by Gasteiger charge is -2.08. The van der Waals surface area contributed by atoms with Crippen LogP contribution in [0.25, 0.3) is 0 Å². The third kappa shape index (κ3) is 2.08. The molecule has 1 atom stereocenters. The van der Waals surface area contributed by atoms with E-state index in [-0.39, 0.29) is 17.1 Å². The maximum Gasteiger partial charge on any atom is 0.188 e. The highest BCUT2D eigenvalue weighted by molar-refractivity contribution is 6.00. The summed E-state index contributed by atoms with van der Waals surface area (Å²) in [5.74, 6) is 0.910. The molecule has 1 heterocycles. The molecular weight excluding hydrogens is 216 g/mol. The summed E-state index contributed by atoms with van der Waals surface area (Å²) in [4.78, 5) is 12.4. The van der Waals surface area contributed by atoms with Crippen molar-refractivity contribution in [2.45, 2.75) is 40.2 Å². The van der Waals surface area contributed by atoms with Gasteiger partial charge in [-0.3, -0.25) is 9.48 Å². The van der Waals surface area contributed by atoms with E-state index in [9.17, 15) is 4.79 Å². The Labute approximate surface area is 102 Å². The van der Waals surface area contributed by atoms with Crippen LogP contribution in [0.15, 0.2) is 6.20 Å². The summed E-state index contributed by atoms with van der Waals surface area (Å²) >= 11 is 0. The van der Waals surface area contributed by atoms with Crippen LogP contribution < -0.4 is 4.74 Å². The zero-order chi connectivity index (χ0) is 12.6. The van der Waals surface area contributed by atoms with Crippen molar-refractivity contribution in [3.8, 4) is 5.75 Å². The number of Topliss-reactive ketones (excluding diaryl/α,β-unsaturated/α-hetero) is 1. The van der Waals surface area contributed by atoms with Gasteiger partial charge in [-0.05, 0) is 18.3 Å². The van der Waals surface area contributed by atoms with Crippen molar-refractivity contribution in [3.05, 3.63) is 11.9 Å². The van der Waals surface area contributed by atoms with Gasteiger partial charge in [-0.15, -0.1) is 0 Å². The number of carbonyl (C=O) groups excluding carboxylic acids is 1. The van der Waals surface area contributed by atoms with E-state index in [1.807, 2.05) is 0 Å². The van der Waals surface area contributed by atoms with Crippen LogP contribution in [-0.4, -0.2) is 22.7 Å². The summed E-state index contributed by atoms with van der Waals surface area (Å²) in [7, 11) is 1.59. The highest BCUT2D eigenvalue weighted by Crippen LogP contribution is 2.53. The molecule has 1 aromatic rings. The van der Waals surface area contributed by atoms with Crippen molar-refractivity contribution >= 4 is 5.78 Å². The zero-order valence-corrected chi connectivity index (χ0v) is 11.0. The quantitative estimate of drug-likeness (QED) is 0.738. The van der Waals surface area contributed by atoms with Crippen molar-refractivity contribution in [1.82, 2.24) is 9.78 Å². The zero-order valence-electron chi connectivity index (χ0n) is 11.0. The lowest BCUT2D eigenvalue weighted by molar-refractivity contribution is 0.0939. The molecule has 17 heavy (non-hydrogen) atoms. The molecule has 0 N–H and O–H groups in total. The van der Waals surface area contributed by atoms with Gasteiger partial charge >= 0.3 is 0 Å². The Morgan fingerprint density at radius 2 is 2.29 bits per heavy atom. The molecular formula is C13H20N2O2. The number of nitrogens with zero attached hydrogens (tertiary/aromatic N) is 2. The van der Waals surface area contributed by atoms with Gasteiger partial charge in [0, 0.05) is 12.5 Å². The Bertz CT molecular complexity index is 435. The van der Waals surface area contributed by atoms with Crippen LogP contribution in [-0.2, 0) is 6.54 Å². The van der Waals surface area contributed by atoms with Crippen molar-refractivity contribution in [2.24, 2.45) is 11.3 Å². The third-order valence-electron chi connectivity index (χ3n) is 3.52. The molecule has 1 fully saturated rings. The Hall–Kier alpha value is -1.32. The van der Waals surface area contributed by atoms with E-state index in [4.69, 9.17) is 4.74 Å². The number of aryl methyl sites for hydroxylation is 1. The number of hydrogen-bond acceptors (Lipinski definition) is 3. The second kappa shape index (κ2) is 4.17. The Kier molecular flexibility index (Phi) is 2.98. The minimum atomic E-state index is 0.128. The minimum absolute atomic E-state index is 0.128. The number of rotatable bonds is 5. The SMILES string of the molecule is CCCn1ncc(OC)c1C(=O)C1CC1(C)C. The highest BCUT2D eigenvalue weighted by Gasteiger charge is 2.51. The molecule has 1 aliphatic rings. The van der Waals surface area contributed by atoms with Crippen LogP contribution >= 0.6 is 0 Å². The van der Waals surface area contributed by atoms with Crippen LogP contribution in [0.3, 0.4) is 0 Å². The average molecular weight is 236 g/mol. The fraction of sp³-hybridized carbons (Fsp3) is 0.692. The lowest BCUT2D eigenvalue weighted by Crippen LogP contribution is -2.15. The molecule has 0 bridgehead atoms. The number of methoxy groups -OCH3 is 1. The predicted molar refractivity (Wildman–Crippen MR) is 65.3 cm³/mol. The first-order chi connectivity index (χ1) is 8.01. The smallest absolute Gasteiger partial charge is 0.188 e. The number of hydrogen-bond donors (Lipinski definition) is 0. The molecule has 4 heteroatoms. The first-order valence-electron chi connectivity index (χ1n) is 6.15. The molecule has 0 aromatic carbocycles. The molecule has 1 unspecified atom stereocenters. The van der Waals surface area contributed by atoms with Gasteiger partial charge in [0.25, 0.3) is 0 Å². The van der Waals surface area contributed by atoms with E-state index in [0.29, 0.717) is 11.4 Å². The summed E-state index contributed by atoms with van der Waals surface area (Å²) in [6.07, 6.45) is 3.56. The number of aromatic nitrogens is 2. The van der Waals surface area contributed by atoms with Crippen LogP contribution in [0, 0.1) is 11.3 Å². The van der Waals surface area contributed by atoms with Crippen LogP contribution in [0.1, 0.15) is 44.1 Å². The Morgan fingerprint density at radius 1 is 1.65 bits per heavy atom. The number of carbonyl (C=O) groups is 1. The number of ether oxygens (including phenoxy) is 1. The summed E-state index contributed by atoms with van der Waals surface area (Å²) in [6.45, 7) is 7.09. The first kappa shape index (κ1) is 12.1. The standard InChI is InChI=1S/C13H20N2O2/c1-5-6-15-11(10(17-4)8-14-15)12(16)9-7-13(9,2)3/h8-9H,5-7H2,1-4H3. The van der Waals surface area contributed by atoms with E-state index in [0.717, 1.165) is 19.4 Å². The largest absolute Gasteiger partial charge is 0.493 e.